The highest BCUT2D eigenvalue weighted by Crippen LogP contribution is 2.32. The second-order valence-electron chi connectivity index (χ2n) is 9.80. The van der Waals surface area contributed by atoms with Crippen molar-refractivity contribution >= 4 is 0 Å². The second-order valence-corrected chi connectivity index (χ2v) is 10.6. The van der Waals surface area contributed by atoms with Crippen LogP contribution in [0, 0.1) is 10.2 Å². The molecule has 0 fully saturated rings. The lowest BCUT2D eigenvalue weighted by Crippen LogP contribution is -2.68. The highest BCUT2D eigenvalue weighted by atomic mass is 35.7. The van der Waals surface area contributed by atoms with Crippen molar-refractivity contribution in [3.8, 4) is 11.4 Å². The summed E-state index contributed by atoms with van der Waals surface area (Å²) in [7, 11) is -4.94. The van der Waals surface area contributed by atoms with Crippen molar-refractivity contribution in [3.05, 3.63) is 77.4 Å². The minimum Gasteiger partial charge on any atom is -0.222 e. The SMILES string of the molecule is CC(C)c1cccc(C(C)C)c1-n1cc[n+](-c2c(C(C)C)cccc2C(C)C)c1.[O-][Cl+3]([O-])([O-])[O-]. The van der Waals surface area contributed by atoms with Crippen molar-refractivity contribution in [1.29, 1.82) is 0 Å². The molecule has 3 aromatic rings. The molecule has 6 nitrogen and oxygen atoms in total. The third-order valence-electron chi connectivity index (χ3n) is 5.84. The number of nitrogens with zero attached hydrogens (tertiary/aromatic N) is 2. The summed E-state index contributed by atoms with van der Waals surface area (Å²) in [4.78, 5) is 0. The van der Waals surface area contributed by atoms with Gasteiger partial charge < -0.3 is 0 Å². The molecule has 0 amide bonds. The Kier molecular flexibility index (Phi) is 9.45. The maximum absolute atomic E-state index is 8.49. The summed E-state index contributed by atoms with van der Waals surface area (Å²) in [6.45, 7) is 18.3. The van der Waals surface area contributed by atoms with Crippen LogP contribution < -0.4 is 23.2 Å². The third kappa shape index (κ3) is 7.14. The molecule has 0 spiro atoms. The fourth-order valence-electron chi connectivity index (χ4n) is 4.24. The lowest BCUT2D eigenvalue weighted by atomic mass is 9.92. The Hall–Kier alpha value is -2.22. The Labute approximate surface area is 205 Å². The molecule has 0 aliphatic rings. The summed E-state index contributed by atoms with van der Waals surface area (Å²) in [5.41, 5.74) is 8.29. The largest absolute Gasteiger partial charge is 0.254 e. The van der Waals surface area contributed by atoms with Gasteiger partial charge in [0.1, 0.15) is 23.8 Å². The van der Waals surface area contributed by atoms with Gasteiger partial charge in [0.15, 0.2) is 0 Å². The summed E-state index contributed by atoms with van der Waals surface area (Å²) in [5.74, 6) is 1.92. The number of imidazole rings is 1. The quantitative estimate of drug-likeness (QED) is 0.497. The average Bonchev–Trinajstić information content (AvgIpc) is 3.20. The van der Waals surface area contributed by atoms with Gasteiger partial charge in [-0.2, -0.15) is 0 Å². The number of hydrogen-bond donors (Lipinski definition) is 0. The van der Waals surface area contributed by atoms with Gasteiger partial charge in [-0.05, 0) is 23.7 Å². The van der Waals surface area contributed by atoms with Crippen LogP contribution in [0.15, 0.2) is 55.1 Å². The van der Waals surface area contributed by atoms with Crippen LogP contribution in [0.25, 0.3) is 11.4 Å². The Morgan fingerprint density at radius 3 is 1.35 bits per heavy atom. The van der Waals surface area contributed by atoms with Gasteiger partial charge in [0.2, 0.25) is 0 Å². The van der Waals surface area contributed by atoms with E-state index in [2.05, 4.69) is 120 Å². The molecule has 0 aliphatic heterocycles. The predicted octanol–water partition coefficient (Wildman–Crippen LogP) is 2.49. The van der Waals surface area contributed by atoms with Crippen LogP contribution >= 0.6 is 0 Å². The summed E-state index contributed by atoms with van der Waals surface area (Å²) in [5, 5.41) is 0. The van der Waals surface area contributed by atoms with E-state index < -0.39 is 10.2 Å². The predicted molar refractivity (Wildman–Crippen MR) is 124 cm³/mol. The van der Waals surface area contributed by atoms with Gasteiger partial charge in [-0.15, -0.1) is 10.2 Å². The van der Waals surface area contributed by atoms with E-state index in [-0.39, 0.29) is 0 Å². The number of para-hydroxylation sites is 2. The first-order valence-corrected chi connectivity index (χ1v) is 12.9. The number of rotatable bonds is 6. The molecule has 0 atom stereocenters. The van der Waals surface area contributed by atoms with E-state index >= 15 is 0 Å². The van der Waals surface area contributed by atoms with Crippen LogP contribution in [-0.2, 0) is 0 Å². The van der Waals surface area contributed by atoms with E-state index in [4.69, 9.17) is 18.6 Å². The molecule has 0 aliphatic carbocycles. The molecule has 7 heteroatoms. The zero-order chi connectivity index (χ0) is 25.8. The Bertz CT molecular complexity index is 946. The molecule has 186 valence electrons. The zero-order valence-electron chi connectivity index (χ0n) is 21.4. The molecular formula is C27H37ClN2O4. The van der Waals surface area contributed by atoms with Crippen molar-refractivity contribution in [3.63, 3.8) is 0 Å². The van der Waals surface area contributed by atoms with Gasteiger partial charge in [-0.1, -0.05) is 91.8 Å². The van der Waals surface area contributed by atoms with Crippen LogP contribution in [0.2, 0.25) is 0 Å². The molecule has 0 saturated heterocycles. The maximum Gasteiger partial charge on any atom is 0.254 e. The molecule has 0 radical (unpaired) electrons. The molecule has 1 aromatic heterocycles. The van der Waals surface area contributed by atoms with Crippen molar-refractivity contribution in [2.75, 3.05) is 0 Å². The summed E-state index contributed by atoms with van der Waals surface area (Å²) >= 11 is 0. The first-order chi connectivity index (χ1) is 15.7. The zero-order valence-corrected chi connectivity index (χ0v) is 22.2. The van der Waals surface area contributed by atoms with Crippen LogP contribution in [0.4, 0.5) is 0 Å². The van der Waals surface area contributed by atoms with E-state index in [9.17, 15) is 0 Å². The number of halogens is 1. The first kappa shape index (κ1) is 28.0. The van der Waals surface area contributed by atoms with Crippen LogP contribution in [0.1, 0.15) is 101 Å². The highest BCUT2D eigenvalue weighted by molar-refractivity contribution is 5.51. The van der Waals surface area contributed by atoms with Gasteiger partial charge in [0.05, 0.1) is 0 Å². The number of benzene rings is 2. The number of aromatic nitrogens is 2. The molecule has 0 saturated carbocycles. The smallest absolute Gasteiger partial charge is 0.222 e. The van der Waals surface area contributed by atoms with Crippen LogP contribution in [0.3, 0.4) is 0 Å². The molecular weight excluding hydrogens is 452 g/mol. The van der Waals surface area contributed by atoms with E-state index in [1.807, 2.05) is 0 Å². The van der Waals surface area contributed by atoms with Crippen molar-refractivity contribution < 1.29 is 33.4 Å². The fourth-order valence-corrected chi connectivity index (χ4v) is 4.24. The molecule has 1 heterocycles. The molecule has 3 rings (SSSR count). The van der Waals surface area contributed by atoms with Gasteiger partial charge in [-0.25, -0.2) is 27.8 Å². The Morgan fingerprint density at radius 2 is 1.00 bits per heavy atom. The molecule has 2 aromatic carbocycles. The molecule has 0 unspecified atom stereocenters. The summed E-state index contributed by atoms with van der Waals surface area (Å²) in [6, 6.07) is 13.5. The lowest BCUT2D eigenvalue weighted by molar-refractivity contribution is -2.00. The summed E-state index contributed by atoms with van der Waals surface area (Å²) < 4.78 is 38.6. The van der Waals surface area contributed by atoms with Crippen molar-refractivity contribution in [2.45, 2.75) is 79.1 Å². The topological polar surface area (TPSA) is 101 Å². The lowest BCUT2D eigenvalue weighted by Gasteiger charge is -2.17. The first-order valence-electron chi connectivity index (χ1n) is 11.7. The monoisotopic (exact) mass is 488 g/mol. The van der Waals surface area contributed by atoms with Gasteiger partial charge in [0.25, 0.3) is 6.33 Å². The minimum absolute atomic E-state index is 0.480. The second kappa shape index (κ2) is 11.5. The molecule has 34 heavy (non-hydrogen) atoms. The fraction of sp³-hybridized carbons (Fsp3) is 0.444. The van der Waals surface area contributed by atoms with Gasteiger partial charge >= 0.3 is 0 Å². The Balaban J connectivity index is 0.000000739. The minimum atomic E-state index is -4.94. The van der Waals surface area contributed by atoms with E-state index in [1.54, 1.807) is 0 Å². The molecule has 0 bridgehead atoms. The van der Waals surface area contributed by atoms with Crippen LogP contribution in [-0.4, -0.2) is 4.57 Å². The maximum atomic E-state index is 8.49. The van der Waals surface area contributed by atoms with E-state index in [1.165, 1.54) is 33.6 Å². The van der Waals surface area contributed by atoms with Gasteiger partial charge in [0, 0.05) is 22.3 Å². The van der Waals surface area contributed by atoms with E-state index in [0.717, 1.165) is 0 Å². The molecule has 0 N–H and O–H groups in total. The van der Waals surface area contributed by atoms with Gasteiger partial charge in [-0.3, -0.25) is 0 Å². The standard InChI is InChI=1S/C27H37N2.ClHO4/c1-18(2)22-11-9-12-23(19(3)4)26(22)28-15-16-29(17-28)27-24(20(5)6)13-10-14-25(27)21(7)8;2-1(3,4)5/h9-21H,1-8H3;(H,2,3,4,5)/q+1;/p-1. The Morgan fingerprint density at radius 1 is 0.647 bits per heavy atom. The third-order valence-corrected chi connectivity index (χ3v) is 5.84. The summed E-state index contributed by atoms with van der Waals surface area (Å²) in [6.07, 6.45) is 6.70. The average molecular weight is 489 g/mol. The normalized spacial score (nSPS) is 12.0. The van der Waals surface area contributed by atoms with Crippen LogP contribution in [0.5, 0.6) is 0 Å². The number of hydrogen-bond acceptors (Lipinski definition) is 4. The highest BCUT2D eigenvalue weighted by Gasteiger charge is 2.23. The van der Waals surface area contributed by atoms with Crippen molar-refractivity contribution in [1.82, 2.24) is 4.57 Å². The van der Waals surface area contributed by atoms with E-state index in [0.29, 0.717) is 23.7 Å². The van der Waals surface area contributed by atoms with Crippen molar-refractivity contribution in [2.24, 2.45) is 0 Å².